The number of carbonyl (C=O) groups excluding carboxylic acids is 1. The Labute approximate surface area is 154 Å². The van der Waals surface area contributed by atoms with Crippen molar-refractivity contribution in [2.45, 2.75) is 20.3 Å². The number of hydrogen-bond acceptors (Lipinski definition) is 6. The summed E-state index contributed by atoms with van der Waals surface area (Å²) in [6, 6.07) is 8.91. The van der Waals surface area contributed by atoms with Crippen LogP contribution in [-0.4, -0.2) is 28.8 Å². The fourth-order valence-electron chi connectivity index (χ4n) is 2.38. The molecule has 0 spiro atoms. The van der Waals surface area contributed by atoms with Crippen LogP contribution in [-0.2, 0) is 11.2 Å². The van der Waals surface area contributed by atoms with Crippen LogP contribution in [0.3, 0.4) is 0 Å². The first-order valence-electron chi connectivity index (χ1n) is 8.27. The number of benzene rings is 1. The van der Waals surface area contributed by atoms with E-state index in [1.807, 2.05) is 26.0 Å². The monoisotopic (exact) mass is 373 g/mol. The van der Waals surface area contributed by atoms with Crippen LogP contribution in [0, 0.1) is 0 Å². The van der Waals surface area contributed by atoms with E-state index in [1.54, 1.807) is 18.2 Å². The summed E-state index contributed by atoms with van der Waals surface area (Å²) >= 11 is 1.48. The van der Waals surface area contributed by atoms with Crippen molar-refractivity contribution in [2.75, 3.05) is 18.6 Å². The normalized spacial score (nSPS) is 10.7. The number of aryl methyl sites for hydroxylation is 1. The van der Waals surface area contributed by atoms with Gasteiger partial charge in [0.2, 0.25) is 0 Å². The van der Waals surface area contributed by atoms with E-state index in [-0.39, 0.29) is 12.2 Å². The Kier molecular flexibility index (Phi) is 5.52. The van der Waals surface area contributed by atoms with Crippen LogP contribution in [0.5, 0.6) is 11.5 Å². The third-order valence-corrected chi connectivity index (χ3v) is 4.79. The summed E-state index contributed by atoms with van der Waals surface area (Å²) in [6.45, 7) is 4.13. The lowest BCUT2D eigenvalue weighted by Crippen LogP contribution is -2.35. The SMILES string of the molecule is CCOc1ccccc1OCC(=O)Nn1cnc2sc(CC)cc2c1=O. The van der Waals surface area contributed by atoms with Crippen molar-refractivity contribution in [1.82, 2.24) is 9.66 Å². The molecule has 0 saturated heterocycles. The molecule has 1 amide bonds. The average molecular weight is 373 g/mol. The second kappa shape index (κ2) is 8.01. The molecule has 1 N–H and O–H groups in total. The predicted octanol–water partition coefficient (Wildman–Crippen LogP) is 2.57. The molecule has 136 valence electrons. The summed E-state index contributed by atoms with van der Waals surface area (Å²) in [4.78, 5) is 30.6. The van der Waals surface area contributed by atoms with Gasteiger partial charge in [0, 0.05) is 4.88 Å². The van der Waals surface area contributed by atoms with Crippen molar-refractivity contribution < 1.29 is 14.3 Å². The van der Waals surface area contributed by atoms with Gasteiger partial charge in [-0.2, -0.15) is 0 Å². The number of rotatable bonds is 7. The van der Waals surface area contributed by atoms with Gasteiger partial charge in [-0.25, -0.2) is 9.66 Å². The number of carbonyl (C=O) groups is 1. The molecule has 8 heteroatoms. The van der Waals surface area contributed by atoms with Crippen LogP contribution in [0.25, 0.3) is 10.2 Å². The highest BCUT2D eigenvalue weighted by molar-refractivity contribution is 7.18. The largest absolute Gasteiger partial charge is 0.490 e. The van der Waals surface area contributed by atoms with Crippen LogP contribution < -0.4 is 20.5 Å². The summed E-state index contributed by atoms with van der Waals surface area (Å²) in [6.07, 6.45) is 2.15. The minimum atomic E-state index is -0.467. The first-order chi connectivity index (χ1) is 12.6. The Balaban J connectivity index is 1.70. The smallest absolute Gasteiger partial charge is 0.280 e. The van der Waals surface area contributed by atoms with Crippen LogP contribution in [0.1, 0.15) is 18.7 Å². The molecular weight excluding hydrogens is 354 g/mol. The van der Waals surface area contributed by atoms with Gasteiger partial charge in [0.1, 0.15) is 11.2 Å². The van der Waals surface area contributed by atoms with Crippen molar-refractivity contribution in [2.24, 2.45) is 0 Å². The number of fused-ring (bicyclic) bond motifs is 1. The molecule has 0 aliphatic carbocycles. The maximum Gasteiger partial charge on any atom is 0.280 e. The van der Waals surface area contributed by atoms with Gasteiger partial charge in [-0.3, -0.25) is 15.0 Å². The highest BCUT2D eigenvalue weighted by atomic mass is 32.1. The van der Waals surface area contributed by atoms with E-state index >= 15 is 0 Å². The summed E-state index contributed by atoms with van der Waals surface area (Å²) in [7, 11) is 0. The highest BCUT2D eigenvalue weighted by Crippen LogP contribution is 2.26. The zero-order valence-corrected chi connectivity index (χ0v) is 15.3. The highest BCUT2D eigenvalue weighted by Gasteiger charge is 2.11. The van der Waals surface area contributed by atoms with Crippen LogP contribution >= 0.6 is 11.3 Å². The second-order valence-corrected chi connectivity index (χ2v) is 6.52. The molecule has 3 rings (SSSR count). The third-order valence-electron chi connectivity index (χ3n) is 3.60. The summed E-state index contributed by atoms with van der Waals surface area (Å²) < 4.78 is 12.0. The topological polar surface area (TPSA) is 82.4 Å². The Morgan fingerprint density at radius 3 is 2.65 bits per heavy atom. The van der Waals surface area contributed by atoms with Crippen molar-refractivity contribution in [3.63, 3.8) is 0 Å². The fourth-order valence-corrected chi connectivity index (χ4v) is 3.31. The van der Waals surface area contributed by atoms with Crippen molar-refractivity contribution in [3.8, 4) is 11.5 Å². The molecule has 26 heavy (non-hydrogen) atoms. The lowest BCUT2D eigenvalue weighted by molar-refractivity contribution is -0.119. The first-order valence-corrected chi connectivity index (χ1v) is 9.08. The van der Waals surface area contributed by atoms with E-state index in [2.05, 4.69) is 10.4 Å². The fraction of sp³-hybridized carbons (Fsp3) is 0.278. The van der Waals surface area contributed by atoms with Crippen molar-refractivity contribution in [1.29, 1.82) is 0 Å². The maximum atomic E-state index is 12.5. The quantitative estimate of drug-likeness (QED) is 0.688. The Morgan fingerprint density at radius 2 is 1.96 bits per heavy atom. The molecule has 0 atom stereocenters. The van der Waals surface area contributed by atoms with E-state index in [0.29, 0.717) is 28.3 Å². The lowest BCUT2D eigenvalue weighted by Gasteiger charge is -2.12. The Bertz CT molecular complexity index is 980. The minimum absolute atomic E-state index is 0.252. The van der Waals surface area contributed by atoms with Gasteiger partial charge in [-0.05, 0) is 31.5 Å². The number of thiophene rings is 1. The van der Waals surface area contributed by atoms with Gasteiger partial charge in [0.25, 0.3) is 11.5 Å². The van der Waals surface area contributed by atoms with E-state index in [9.17, 15) is 9.59 Å². The average Bonchev–Trinajstić information content (AvgIpc) is 3.08. The number of para-hydroxylation sites is 2. The van der Waals surface area contributed by atoms with Gasteiger partial charge >= 0.3 is 0 Å². The molecule has 0 aliphatic heterocycles. The number of nitrogens with one attached hydrogen (secondary N) is 1. The van der Waals surface area contributed by atoms with E-state index in [4.69, 9.17) is 9.47 Å². The van der Waals surface area contributed by atoms with Crippen LogP contribution in [0.15, 0.2) is 41.5 Å². The number of amides is 1. The predicted molar refractivity (Wildman–Crippen MR) is 101 cm³/mol. The van der Waals surface area contributed by atoms with Crippen LogP contribution in [0.2, 0.25) is 0 Å². The van der Waals surface area contributed by atoms with Crippen molar-refractivity contribution >= 4 is 27.5 Å². The summed E-state index contributed by atoms with van der Waals surface area (Å²) in [5.74, 6) is 0.565. The standard InChI is InChI=1S/C18H19N3O4S/c1-3-12-9-13-17(26-12)19-11-21(18(13)23)20-16(22)10-25-15-8-6-5-7-14(15)24-4-2/h5-9,11H,3-4,10H2,1-2H3,(H,20,22). The third kappa shape index (κ3) is 3.85. The van der Waals surface area contributed by atoms with Gasteiger partial charge in [-0.15, -0.1) is 11.3 Å². The zero-order chi connectivity index (χ0) is 18.5. The lowest BCUT2D eigenvalue weighted by atomic mass is 10.3. The molecule has 0 radical (unpaired) electrons. The van der Waals surface area contributed by atoms with Crippen molar-refractivity contribution in [3.05, 3.63) is 51.9 Å². The number of hydrogen-bond donors (Lipinski definition) is 1. The van der Waals surface area contributed by atoms with E-state index < -0.39 is 5.91 Å². The number of ether oxygens (including phenoxy) is 2. The minimum Gasteiger partial charge on any atom is -0.490 e. The number of aromatic nitrogens is 2. The molecule has 2 heterocycles. The van der Waals surface area contributed by atoms with E-state index in [1.165, 1.54) is 17.7 Å². The molecule has 0 bridgehead atoms. The molecule has 0 unspecified atom stereocenters. The Hall–Kier alpha value is -2.87. The zero-order valence-electron chi connectivity index (χ0n) is 14.5. The Morgan fingerprint density at radius 1 is 1.23 bits per heavy atom. The number of nitrogens with zero attached hydrogens (tertiary/aromatic N) is 2. The summed E-state index contributed by atoms with van der Waals surface area (Å²) in [5, 5.41) is 0.497. The molecular formula is C18H19N3O4S. The molecule has 0 saturated carbocycles. The molecule has 1 aromatic carbocycles. The van der Waals surface area contributed by atoms with Gasteiger partial charge < -0.3 is 9.47 Å². The van der Waals surface area contributed by atoms with Gasteiger partial charge in [0.05, 0.1) is 12.0 Å². The molecule has 0 fully saturated rings. The van der Waals surface area contributed by atoms with Gasteiger partial charge in [0.15, 0.2) is 18.1 Å². The molecule has 3 aromatic rings. The second-order valence-electron chi connectivity index (χ2n) is 5.41. The summed E-state index contributed by atoms with van der Waals surface area (Å²) in [5.41, 5.74) is 2.18. The molecule has 0 aliphatic rings. The van der Waals surface area contributed by atoms with Gasteiger partial charge in [-0.1, -0.05) is 19.1 Å². The van der Waals surface area contributed by atoms with Crippen LogP contribution in [0.4, 0.5) is 0 Å². The molecule has 7 nitrogen and oxygen atoms in total. The van der Waals surface area contributed by atoms with E-state index in [0.717, 1.165) is 16.0 Å². The molecule has 2 aromatic heterocycles. The maximum absolute atomic E-state index is 12.5. The first kappa shape index (κ1) is 17.9.